The van der Waals surface area contributed by atoms with Gasteiger partial charge in [-0.25, -0.2) is 4.79 Å². The van der Waals surface area contributed by atoms with E-state index in [0.717, 1.165) is 29.5 Å². The van der Waals surface area contributed by atoms with Gasteiger partial charge in [-0.1, -0.05) is 18.2 Å². The third-order valence-electron chi connectivity index (χ3n) is 4.40. The molecule has 9 heteroatoms. The second-order valence-corrected chi connectivity index (χ2v) is 7.25. The zero-order valence-corrected chi connectivity index (χ0v) is 16.2. The van der Waals surface area contributed by atoms with Crippen molar-refractivity contribution in [1.29, 1.82) is 0 Å². The summed E-state index contributed by atoms with van der Waals surface area (Å²) in [6.07, 6.45) is 3.41. The van der Waals surface area contributed by atoms with Crippen molar-refractivity contribution in [2.75, 3.05) is 33.4 Å². The number of rotatable bonds is 6. The van der Waals surface area contributed by atoms with Gasteiger partial charge < -0.3 is 14.4 Å². The topological polar surface area (TPSA) is 93.2 Å². The fourth-order valence-corrected chi connectivity index (χ4v) is 3.74. The Morgan fingerprint density at radius 1 is 1.18 bits per heavy atom. The number of amides is 3. The van der Waals surface area contributed by atoms with Crippen LogP contribution in [0, 0.1) is 0 Å². The van der Waals surface area contributed by atoms with Gasteiger partial charge >= 0.3 is 5.97 Å². The highest BCUT2D eigenvalue weighted by atomic mass is 32.2. The molecule has 1 aromatic rings. The number of esters is 1. The van der Waals surface area contributed by atoms with E-state index >= 15 is 0 Å². The molecule has 3 rings (SSSR count). The first kappa shape index (κ1) is 19.9. The minimum absolute atomic E-state index is 0.202. The molecule has 0 atom stereocenters. The Morgan fingerprint density at radius 3 is 2.61 bits per heavy atom. The van der Waals surface area contributed by atoms with Gasteiger partial charge in [-0.3, -0.25) is 19.3 Å². The van der Waals surface area contributed by atoms with E-state index in [1.165, 1.54) is 13.2 Å². The zero-order valence-electron chi connectivity index (χ0n) is 15.4. The Labute approximate surface area is 166 Å². The SMILES string of the molecule is COC(=O)COc1ccccc1/C=C1/SC(=O)N(CC(=O)N2CCCC2)C1=O. The predicted octanol–water partition coefficient (Wildman–Crippen LogP) is 1.90. The first-order valence-corrected chi connectivity index (χ1v) is 9.63. The molecule has 2 heterocycles. The zero-order chi connectivity index (χ0) is 20.1. The number of benzene rings is 1. The molecule has 148 valence electrons. The van der Waals surface area contributed by atoms with E-state index in [-0.39, 0.29) is 24.0 Å². The van der Waals surface area contributed by atoms with Crippen LogP contribution >= 0.6 is 11.8 Å². The second-order valence-electron chi connectivity index (χ2n) is 6.26. The van der Waals surface area contributed by atoms with Crippen LogP contribution in [0.5, 0.6) is 5.75 Å². The summed E-state index contributed by atoms with van der Waals surface area (Å²) in [5.41, 5.74) is 0.544. The van der Waals surface area contributed by atoms with Crippen LogP contribution in [0.3, 0.4) is 0 Å². The Kier molecular flexibility index (Phi) is 6.35. The lowest BCUT2D eigenvalue weighted by Gasteiger charge is -2.18. The quantitative estimate of drug-likeness (QED) is 0.528. The number of hydrogen-bond acceptors (Lipinski definition) is 7. The number of hydrogen-bond donors (Lipinski definition) is 0. The Bertz CT molecular complexity index is 831. The van der Waals surface area contributed by atoms with Gasteiger partial charge in [-0.15, -0.1) is 0 Å². The summed E-state index contributed by atoms with van der Waals surface area (Å²) in [5, 5.41) is -0.475. The molecule has 0 radical (unpaired) electrons. The summed E-state index contributed by atoms with van der Waals surface area (Å²) < 4.78 is 9.97. The molecule has 2 saturated heterocycles. The van der Waals surface area contributed by atoms with E-state index in [9.17, 15) is 19.2 Å². The maximum atomic E-state index is 12.6. The van der Waals surface area contributed by atoms with Gasteiger partial charge in [0.25, 0.3) is 11.1 Å². The van der Waals surface area contributed by atoms with Crippen molar-refractivity contribution < 1.29 is 28.7 Å². The Morgan fingerprint density at radius 2 is 1.89 bits per heavy atom. The smallest absolute Gasteiger partial charge is 0.343 e. The van der Waals surface area contributed by atoms with Gasteiger partial charge in [0.1, 0.15) is 12.3 Å². The number of imide groups is 1. The highest BCUT2D eigenvalue weighted by Crippen LogP contribution is 2.34. The number of methoxy groups -OCH3 is 1. The molecule has 0 aliphatic carbocycles. The summed E-state index contributed by atoms with van der Waals surface area (Å²) in [4.78, 5) is 51.3. The second kappa shape index (κ2) is 8.92. The molecule has 0 aromatic heterocycles. The Hall–Kier alpha value is -2.81. The summed E-state index contributed by atoms with van der Waals surface area (Å²) >= 11 is 0.779. The average molecular weight is 404 g/mol. The van der Waals surface area contributed by atoms with E-state index in [1.807, 2.05) is 0 Å². The maximum Gasteiger partial charge on any atom is 0.343 e. The molecular weight excluding hydrogens is 384 g/mol. The van der Waals surface area contributed by atoms with Gasteiger partial charge in [-0.05, 0) is 36.7 Å². The predicted molar refractivity (Wildman–Crippen MR) is 102 cm³/mol. The number of likely N-dealkylation sites (tertiary alicyclic amines) is 1. The lowest BCUT2D eigenvalue weighted by molar-refractivity contribution is -0.143. The normalized spacial score (nSPS) is 18.1. The van der Waals surface area contributed by atoms with Crippen molar-refractivity contribution in [3.05, 3.63) is 34.7 Å². The van der Waals surface area contributed by atoms with Crippen molar-refractivity contribution in [3.8, 4) is 5.75 Å². The number of ether oxygens (including phenoxy) is 2. The number of carbonyl (C=O) groups excluding carboxylic acids is 4. The largest absolute Gasteiger partial charge is 0.481 e. The minimum atomic E-state index is -0.532. The highest BCUT2D eigenvalue weighted by molar-refractivity contribution is 8.18. The summed E-state index contributed by atoms with van der Waals surface area (Å²) in [6.45, 7) is 0.807. The van der Waals surface area contributed by atoms with E-state index in [0.29, 0.717) is 24.4 Å². The van der Waals surface area contributed by atoms with Crippen molar-refractivity contribution in [2.24, 2.45) is 0 Å². The van der Waals surface area contributed by atoms with Crippen molar-refractivity contribution >= 4 is 40.9 Å². The van der Waals surface area contributed by atoms with Gasteiger partial charge in [0, 0.05) is 18.7 Å². The molecule has 8 nitrogen and oxygen atoms in total. The van der Waals surface area contributed by atoms with Crippen LogP contribution in [-0.2, 0) is 19.1 Å². The van der Waals surface area contributed by atoms with Crippen LogP contribution in [0.4, 0.5) is 4.79 Å². The fourth-order valence-electron chi connectivity index (χ4n) is 2.91. The standard InChI is InChI=1S/C19H20N2O6S/c1-26-17(23)12-27-14-7-3-2-6-13(14)10-15-18(24)21(19(25)28-15)11-16(22)20-8-4-5-9-20/h2-3,6-7,10H,4-5,8-9,11-12H2,1H3/b15-10+. The molecule has 0 unspecified atom stereocenters. The molecule has 1 aromatic carbocycles. The van der Waals surface area contributed by atoms with Gasteiger partial charge in [0.2, 0.25) is 5.91 Å². The number of carbonyl (C=O) groups is 4. The first-order chi connectivity index (χ1) is 13.5. The third kappa shape index (κ3) is 4.53. The maximum absolute atomic E-state index is 12.6. The average Bonchev–Trinajstić information content (AvgIpc) is 3.32. The van der Waals surface area contributed by atoms with Crippen LogP contribution < -0.4 is 4.74 Å². The van der Waals surface area contributed by atoms with Crippen molar-refractivity contribution in [1.82, 2.24) is 9.80 Å². The van der Waals surface area contributed by atoms with Crippen molar-refractivity contribution in [3.63, 3.8) is 0 Å². The molecule has 2 fully saturated rings. The van der Waals surface area contributed by atoms with E-state index in [2.05, 4.69) is 4.74 Å². The fraction of sp³-hybridized carbons (Fsp3) is 0.368. The van der Waals surface area contributed by atoms with Crippen LogP contribution in [0.25, 0.3) is 6.08 Å². The van der Waals surface area contributed by atoms with Crippen LogP contribution in [0.2, 0.25) is 0 Å². The molecule has 0 saturated carbocycles. The van der Waals surface area contributed by atoms with Gasteiger partial charge in [0.15, 0.2) is 6.61 Å². The molecule has 0 spiro atoms. The van der Waals surface area contributed by atoms with Gasteiger partial charge in [-0.2, -0.15) is 0 Å². The molecule has 3 amide bonds. The van der Waals surface area contributed by atoms with E-state index in [1.54, 1.807) is 29.2 Å². The molecule has 2 aliphatic rings. The summed E-state index contributed by atoms with van der Waals surface area (Å²) in [5.74, 6) is -0.878. The number of nitrogens with zero attached hydrogens (tertiary/aromatic N) is 2. The minimum Gasteiger partial charge on any atom is -0.481 e. The highest BCUT2D eigenvalue weighted by Gasteiger charge is 2.37. The molecule has 28 heavy (non-hydrogen) atoms. The van der Waals surface area contributed by atoms with E-state index in [4.69, 9.17) is 4.74 Å². The van der Waals surface area contributed by atoms with Gasteiger partial charge in [0.05, 0.1) is 12.0 Å². The molecule has 0 N–H and O–H groups in total. The first-order valence-electron chi connectivity index (χ1n) is 8.81. The van der Waals surface area contributed by atoms with Crippen LogP contribution in [-0.4, -0.2) is 66.2 Å². The third-order valence-corrected chi connectivity index (χ3v) is 5.31. The van der Waals surface area contributed by atoms with Crippen molar-refractivity contribution in [2.45, 2.75) is 12.8 Å². The summed E-state index contributed by atoms with van der Waals surface area (Å²) in [6, 6.07) is 6.83. The Balaban J connectivity index is 1.73. The van der Waals surface area contributed by atoms with Crippen LogP contribution in [0.1, 0.15) is 18.4 Å². The molecular formula is C19H20N2O6S. The number of para-hydroxylation sites is 1. The lowest BCUT2D eigenvalue weighted by atomic mass is 10.2. The monoisotopic (exact) mass is 404 g/mol. The molecule has 2 aliphatic heterocycles. The summed E-state index contributed by atoms with van der Waals surface area (Å²) in [7, 11) is 1.26. The number of thioether (sulfide) groups is 1. The molecule has 0 bridgehead atoms. The van der Waals surface area contributed by atoms with E-state index < -0.39 is 17.1 Å². The van der Waals surface area contributed by atoms with Crippen LogP contribution in [0.15, 0.2) is 29.2 Å². The lowest BCUT2D eigenvalue weighted by Crippen LogP contribution is -2.40.